The zero-order valence-electron chi connectivity index (χ0n) is 17.3. The van der Waals surface area contributed by atoms with Crippen molar-refractivity contribution in [2.45, 2.75) is 66.2 Å². The Kier molecular flexibility index (Phi) is 9.70. The second kappa shape index (κ2) is 9.86. The van der Waals surface area contributed by atoms with Gasteiger partial charge in [0, 0.05) is 0 Å². The third-order valence-corrected chi connectivity index (χ3v) is 5.58. The van der Waals surface area contributed by atoms with Crippen LogP contribution in [-0.2, 0) is 38.0 Å². The minimum Gasteiger partial charge on any atom is -1.00 e. The minimum atomic E-state index is 0. The van der Waals surface area contributed by atoms with Gasteiger partial charge in [-0.05, 0) is 5.41 Å². The van der Waals surface area contributed by atoms with Crippen LogP contribution in [0.4, 0.5) is 0 Å². The minimum absolute atomic E-state index is 0. The van der Waals surface area contributed by atoms with E-state index in [0.29, 0.717) is 0 Å². The van der Waals surface area contributed by atoms with Gasteiger partial charge in [0.15, 0.2) is 0 Å². The molecule has 27 heavy (non-hydrogen) atoms. The normalized spacial score (nSPS) is 14.6. The number of aromatic amines is 1. The Morgan fingerprint density at radius 3 is 2.11 bits per heavy atom. The zero-order chi connectivity index (χ0) is 17.6. The van der Waals surface area contributed by atoms with E-state index in [1.807, 2.05) is 6.07 Å². The average molecular weight is 482 g/mol. The van der Waals surface area contributed by atoms with E-state index >= 15 is 0 Å². The Bertz CT molecular complexity index is 864. The van der Waals surface area contributed by atoms with Crippen LogP contribution in [0.5, 0.6) is 0 Å². The molecular formula is C23H29Cl2NZr. The summed E-state index contributed by atoms with van der Waals surface area (Å²) in [6, 6.07) is 8.34. The van der Waals surface area contributed by atoms with Gasteiger partial charge in [0.25, 0.3) is 0 Å². The molecular weight excluding hydrogens is 452 g/mol. The van der Waals surface area contributed by atoms with Crippen molar-refractivity contribution in [2.24, 2.45) is 0 Å². The van der Waals surface area contributed by atoms with Crippen molar-refractivity contribution in [1.29, 1.82) is 0 Å². The summed E-state index contributed by atoms with van der Waals surface area (Å²) in [7, 11) is 0. The largest absolute Gasteiger partial charge is 4.00 e. The molecule has 1 heterocycles. The van der Waals surface area contributed by atoms with Crippen molar-refractivity contribution in [1.82, 2.24) is 4.98 Å². The first-order valence-corrected chi connectivity index (χ1v) is 8.96. The molecule has 2 aromatic carbocycles. The predicted octanol–water partition coefficient (Wildman–Crippen LogP) is 0.261. The van der Waals surface area contributed by atoms with Gasteiger partial charge < -0.3 is 29.8 Å². The van der Waals surface area contributed by atoms with Gasteiger partial charge in [-0.2, -0.15) is 27.6 Å². The molecule has 144 valence electrons. The summed E-state index contributed by atoms with van der Waals surface area (Å²) in [6.07, 6.45) is 4.54. The van der Waals surface area contributed by atoms with Gasteiger partial charge in [0.1, 0.15) is 0 Å². The van der Waals surface area contributed by atoms with E-state index < -0.39 is 0 Å². The number of hydrogen-bond donors (Lipinski definition) is 1. The van der Waals surface area contributed by atoms with Crippen LogP contribution < -0.4 is 24.8 Å². The smallest absolute Gasteiger partial charge is 1.00 e. The molecule has 1 aliphatic rings. The molecule has 0 spiro atoms. The number of nitrogens with one attached hydrogen (secondary N) is 1. The van der Waals surface area contributed by atoms with E-state index in [9.17, 15) is 0 Å². The fourth-order valence-electron chi connectivity index (χ4n) is 3.94. The Morgan fingerprint density at radius 2 is 1.63 bits per heavy atom. The van der Waals surface area contributed by atoms with Crippen molar-refractivity contribution in [3.05, 3.63) is 63.8 Å². The Balaban J connectivity index is 0.000000455. The van der Waals surface area contributed by atoms with Crippen LogP contribution in [0.1, 0.15) is 67.0 Å². The molecule has 1 aromatic heterocycles. The van der Waals surface area contributed by atoms with Gasteiger partial charge in [-0.15, -0.1) is 35.0 Å². The maximum Gasteiger partial charge on any atom is 4.00 e. The standard InChI is InChI=1S/C12H14N.C11H15.2ClH.Zr/c1-12(2,3)10-8-13-11-7-5-4-6-9(10)11;1-6-5-10-8(3)7(2)9(4)11(6)10;;;/h4-7,13H,1-3H3;6H,5H2,1-4H3;2*1H;/q2*-1;;;+4/p-2. The second-order valence-electron chi connectivity index (χ2n) is 8.29. The van der Waals surface area contributed by atoms with Crippen LogP contribution in [-0.4, -0.2) is 4.98 Å². The quantitative estimate of drug-likeness (QED) is 0.444. The molecule has 4 heteroatoms. The number of para-hydroxylation sites is 1. The van der Waals surface area contributed by atoms with Crippen molar-refractivity contribution >= 4 is 10.9 Å². The third kappa shape index (κ3) is 4.95. The van der Waals surface area contributed by atoms with Crippen LogP contribution in [0, 0.1) is 27.0 Å². The van der Waals surface area contributed by atoms with Crippen LogP contribution in [0.2, 0.25) is 0 Å². The molecule has 4 rings (SSSR count). The summed E-state index contributed by atoms with van der Waals surface area (Å²) in [6.45, 7) is 15.7. The summed E-state index contributed by atoms with van der Waals surface area (Å²) in [5.41, 5.74) is 10.5. The van der Waals surface area contributed by atoms with Crippen LogP contribution in [0.25, 0.3) is 10.9 Å². The summed E-state index contributed by atoms with van der Waals surface area (Å²) >= 11 is 0. The van der Waals surface area contributed by atoms with Gasteiger partial charge in [-0.1, -0.05) is 72.9 Å². The molecule has 0 radical (unpaired) electrons. The number of hydrogen-bond acceptors (Lipinski definition) is 0. The molecule has 1 aliphatic carbocycles. The maximum atomic E-state index is 3.23. The molecule has 0 saturated heterocycles. The number of rotatable bonds is 0. The van der Waals surface area contributed by atoms with E-state index in [1.165, 1.54) is 28.5 Å². The molecule has 3 aromatic rings. The molecule has 0 amide bonds. The van der Waals surface area contributed by atoms with E-state index in [0.717, 1.165) is 5.92 Å². The van der Waals surface area contributed by atoms with Crippen molar-refractivity contribution in [3.63, 3.8) is 0 Å². The molecule has 0 saturated carbocycles. The van der Waals surface area contributed by atoms with E-state index in [1.54, 1.807) is 22.3 Å². The molecule has 1 atom stereocenters. The van der Waals surface area contributed by atoms with Crippen LogP contribution in [0.3, 0.4) is 0 Å². The molecule has 0 fully saturated rings. The maximum absolute atomic E-state index is 3.23. The van der Waals surface area contributed by atoms with Crippen molar-refractivity contribution < 1.29 is 51.0 Å². The molecule has 1 unspecified atom stereocenters. The number of fused-ring (bicyclic) bond motifs is 2. The Morgan fingerprint density at radius 1 is 1.04 bits per heavy atom. The van der Waals surface area contributed by atoms with Gasteiger partial charge in [-0.25, -0.2) is 0 Å². The first kappa shape index (κ1) is 26.6. The number of halogens is 2. The average Bonchev–Trinajstić information content (AvgIpc) is 3.01. The van der Waals surface area contributed by atoms with E-state index in [2.05, 4.69) is 77.8 Å². The number of H-pyrrole nitrogens is 1. The summed E-state index contributed by atoms with van der Waals surface area (Å²) < 4.78 is 0. The number of benzene rings is 1. The first-order chi connectivity index (χ1) is 11.2. The van der Waals surface area contributed by atoms with Gasteiger partial charge >= 0.3 is 26.2 Å². The van der Waals surface area contributed by atoms with Gasteiger partial charge in [0.05, 0.1) is 0 Å². The van der Waals surface area contributed by atoms with Crippen molar-refractivity contribution in [3.8, 4) is 0 Å². The topological polar surface area (TPSA) is 15.8 Å². The predicted molar refractivity (Wildman–Crippen MR) is 104 cm³/mol. The summed E-state index contributed by atoms with van der Waals surface area (Å²) in [5.74, 6) is 0.831. The second-order valence-corrected chi connectivity index (χ2v) is 8.29. The van der Waals surface area contributed by atoms with Gasteiger partial charge in [0.2, 0.25) is 0 Å². The number of aromatic nitrogens is 1. The molecule has 1 N–H and O–H groups in total. The Labute approximate surface area is 196 Å². The third-order valence-electron chi connectivity index (χ3n) is 5.58. The van der Waals surface area contributed by atoms with Crippen LogP contribution >= 0.6 is 0 Å². The van der Waals surface area contributed by atoms with Gasteiger partial charge in [-0.3, -0.25) is 0 Å². The first-order valence-electron chi connectivity index (χ1n) is 8.96. The fourth-order valence-corrected chi connectivity index (χ4v) is 3.94. The van der Waals surface area contributed by atoms with Crippen LogP contribution in [0.15, 0.2) is 24.3 Å². The van der Waals surface area contributed by atoms with E-state index in [-0.39, 0.29) is 56.4 Å². The zero-order valence-corrected chi connectivity index (χ0v) is 21.3. The Hall–Kier alpha value is -0.427. The fraction of sp³-hybridized carbons (Fsp3) is 0.435. The summed E-state index contributed by atoms with van der Waals surface area (Å²) in [5, 5.41) is 1.29. The SMILES string of the molecule is CC(C)(C)c1[c-][nH]c2ccccc12.Cc1c(C)c2[c-](c1C)C(C)C2.[Cl-].[Cl-].[Zr+4]. The molecule has 0 aliphatic heterocycles. The summed E-state index contributed by atoms with van der Waals surface area (Å²) in [4.78, 5) is 3.17. The monoisotopic (exact) mass is 479 g/mol. The molecule has 0 bridgehead atoms. The molecule has 1 nitrogen and oxygen atoms in total. The van der Waals surface area contributed by atoms with E-state index in [4.69, 9.17) is 0 Å². The van der Waals surface area contributed by atoms with Crippen molar-refractivity contribution in [2.75, 3.05) is 0 Å².